The van der Waals surface area contributed by atoms with E-state index in [1.165, 1.54) is 9.36 Å². The lowest BCUT2D eigenvalue weighted by atomic mass is 10.3. The molecule has 0 amide bonds. The van der Waals surface area contributed by atoms with E-state index in [2.05, 4.69) is 20.6 Å². The van der Waals surface area contributed by atoms with Gasteiger partial charge in [-0.2, -0.15) is 8.42 Å². The van der Waals surface area contributed by atoms with Crippen LogP contribution in [0.4, 0.5) is 0 Å². The Kier molecular flexibility index (Phi) is 3.47. The topological polar surface area (TPSA) is 105 Å². The SMILES string of the molecule is O=S(=O)(Cn1nnc2ccccc21)OCn1nnc2ccccc21. The summed E-state index contributed by atoms with van der Waals surface area (Å²) >= 11 is 0. The van der Waals surface area contributed by atoms with E-state index in [4.69, 9.17) is 4.18 Å². The number of hydrogen-bond donors (Lipinski definition) is 0. The van der Waals surface area contributed by atoms with Gasteiger partial charge in [0.25, 0.3) is 10.1 Å². The molecule has 0 atom stereocenters. The van der Waals surface area contributed by atoms with Gasteiger partial charge in [-0.1, -0.05) is 34.7 Å². The molecule has 0 saturated heterocycles. The highest BCUT2D eigenvalue weighted by Crippen LogP contribution is 2.13. The molecule has 0 aliphatic rings. The van der Waals surface area contributed by atoms with Gasteiger partial charge in [-0.05, 0) is 24.3 Å². The third kappa shape index (κ3) is 2.72. The molecule has 0 N–H and O–H groups in total. The molecule has 2 heterocycles. The van der Waals surface area contributed by atoms with Crippen molar-refractivity contribution in [2.24, 2.45) is 0 Å². The summed E-state index contributed by atoms with van der Waals surface area (Å²) < 4.78 is 32.1. The number of aromatic nitrogens is 6. The van der Waals surface area contributed by atoms with Crippen molar-refractivity contribution in [3.8, 4) is 0 Å². The summed E-state index contributed by atoms with van der Waals surface area (Å²) in [5, 5.41) is 15.6. The fourth-order valence-electron chi connectivity index (χ4n) is 2.34. The molecule has 0 unspecified atom stereocenters. The maximum absolute atomic E-state index is 12.2. The normalized spacial score (nSPS) is 12.2. The van der Waals surface area contributed by atoms with E-state index in [1.54, 1.807) is 30.3 Å². The third-order valence-corrected chi connectivity index (χ3v) is 4.50. The van der Waals surface area contributed by atoms with Crippen LogP contribution in [0.25, 0.3) is 22.1 Å². The molecule has 0 radical (unpaired) electrons. The highest BCUT2D eigenvalue weighted by Gasteiger charge is 2.17. The summed E-state index contributed by atoms with van der Waals surface area (Å²) in [7, 11) is -3.87. The molecule has 2 aromatic carbocycles. The van der Waals surface area contributed by atoms with Gasteiger partial charge in [0.05, 0.1) is 11.0 Å². The molecule has 0 bridgehead atoms. The average Bonchev–Trinajstić information content (AvgIpc) is 3.17. The number of rotatable bonds is 5. The van der Waals surface area contributed by atoms with Gasteiger partial charge in [-0.25, -0.2) is 13.5 Å². The average molecular weight is 344 g/mol. The lowest BCUT2D eigenvalue weighted by Crippen LogP contribution is -2.17. The van der Waals surface area contributed by atoms with E-state index in [0.717, 1.165) is 0 Å². The number of fused-ring (bicyclic) bond motifs is 2. The van der Waals surface area contributed by atoms with Gasteiger partial charge in [-0.15, -0.1) is 10.2 Å². The van der Waals surface area contributed by atoms with E-state index in [1.807, 2.05) is 18.2 Å². The molecular formula is C14H12N6O3S. The fourth-order valence-corrected chi connectivity index (χ4v) is 3.17. The van der Waals surface area contributed by atoms with Crippen molar-refractivity contribution >= 4 is 32.2 Å². The molecule has 0 saturated carbocycles. The van der Waals surface area contributed by atoms with E-state index >= 15 is 0 Å². The lowest BCUT2D eigenvalue weighted by Gasteiger charge is -2.06. The van der Waals surface area contributed by atoms with Crippen LogP contribution >= 0.6 is 0 Å². The Hall–Kier alpha value is -2.85. The lowest BCUT2D eigenvalue weighted by molar-refractivity contribution is 0.226. The summed E-state index contributed by atoms with van der Waals surface area (Å²) in [6.07, 6.45) is 0. The van der Waals surface area contributed by atoms with Gasteiger partial charge in [0.1, 0.15) is 11.0 Å². The number of para-hydroxylation sites is 2. The molecule has 24 heavy (non-hydrogen) atoms. The largest absolute Gasteiger partial charge is 0.289 e. The molecule has 122 valence electrons. The van der Waals surface area contributed by atoms with Crippen molar-refractivity contribution in [1.82, 2.24) is 30.0 Å². The minimum absolute atomic E-state index is 0.254. The zero-order chi connectivity index (χ0) is 16.6. The Balaban J connectivity index is 1.53. The summed E-state index contributed by atoms with van der Waals surface area (Å²) in [5.74, 6) is -0.430. The number of hydrogen-bond acceptors (Lipinski definition) is 7. The van der Waals surface area contributed by atoms with Crippen LogP contribution < -0.4 is 0 Å². The van der Waals surface area contributed by atoms with Crippen molar-refractivity contribution in [1.29, 1.82) is 0 Å². The maximum atomic E-state index is 12.2. The second-order valence-electron chi connectivity index (χ2n) is 5.09. The Labute approximate surface area is 136 Å². The maximum Gasteiger partial charge on any atom is 0.289 e. The molecule has 2 aromatic heterocycles. The van der Waals surface area contributed by atoms with Crippen LogP contribution in [0.2, 0.25) is 0 Å². The fraction of sp³-hybridized carbons (Fsp3) is 0.143. The smallest absolute Gasteiger partial charge is 0.245 e. The second-order valence-corrected chi connectivity index (χ2v) is 6.70. The van der Waals surface area contributed by atoms with Crippen molar-refractivity contribution in [3.63, 3.8) is 0 Å². The molecule has 4 aromatic rings. The quantitative estimate of drug-likeness (QED) is 0.500. The van der Waals surface area contributed by atoms with Crippen molar-refractivity contribution in [2.45, 2.75) is 12.6 Å². The summed E-state index contributed by atoms with van der Waals surface area (Å²) in [6.45, 7) is -0.254. The molecule has 0 spiro atoms. The minimum atomic E-state index is -3.87. The molecule has 10 heteroatoms. The van der Waals surface area contributed by atoms with Crippen molar-refractivity contribution < 1.29 is 12.6 Å². The third-order valence-electron chi connectivity index (χ3n) is 3.48. The van der Waals surface area contributed by atoms with Gasteiger partial charge < -0.3 is 0 Å². The van der Waals surface area contributed by atoms with E-state index < -0.39 is 16.0 Å². The zero-order valence-electron chi connectivity index (χ0n) is 12.3. The zero-order valence-corrected chi connectivity index (χ0v) is 13.2. The highest BCUT2D eigenvalue weighted by atomic mass is 32.2. The molecule has 4 rings (SSSR count). The van der Waals surface area contributed by atoms with Crippen molar-refractivity contribution in [3.05, 3.63) is 48.5 Å². The van der Waals surface area contributed by atoms with E-state index in [9.17, 15) is 8.42 Å². The van der Waals surface area contributed by atoms with Gasteiger partial charge in [0.2, 0.25) is 0 Å². The highest BCUT2D eigenvalue weighted by molar-refractivity contribution is 7.85. The predicted octanol–water partition coefficient (Wildman–Crippen LogP) is 1.14. The Morgan fingerprint density at radius 3 is 2.04 bits per heavy atom. The van der Waals surface area contributed by atoms with Gasteiger partial charge >= 0.3 is 0 Å². The minimum Gasteiger partial charge on any atom is -0.245 e. The molecule has 9 nitrogen and oxygen atoms in total. The van der Waals surface area contributed by atoms with Crippen molar-refractivity contribution in [2.75, 3.05) is 0 Å². The Bertz CT molecular complexity index is 1120. The Morgan fingerprint density at radius 2 is 1.38 bits per heavy atom. The molecule has 0 aliphatic carbocycles. The number of nitrogens with zero attached hydrogens (tertiary/aromatic N) is 6. The van der Waals surface area contributed by atoms with Crippen LogP contribution in [0.1, 0.15) is 0 Å². The molecule has 0 aliphatic heterocycles. The van der Waals surface area contributed by atoms with Gasteiger partial charge in [-0.3, -0.25) is 0 Å². The van der Waals surface area contributed by atoms with E-state index in [0.29, 0.717) is 22.1 Å². The Morgan fingerprint density at radius 1 is 0.833 bits per heavy atom. The summed E-state index contributed by atoms with van der Waals surface area (Å²) in [5.41, 5.74) is 2.60. The van der Waals surface area contributed by atoms with Crippen LogP contribution in [-0.4, -0.2) is 38.4 Å². The summed E-state index contributed by atoms with van der Waals surface area (Å²) in [4.78, 5) is 0. The molecular weight excluding hydrogens is 332 g/mol. The number of benzene rings is 2. The van der Waals surface area contributed by atoms with Gasteiger partial charge in [0.15, 0.2) is 12.6 Å². The van der Waals surface area contributed by atoms with Crippen LogP contribution in [0, 0.1) is 0 Å². The summed E-state index contributed by atoms with van der Waals surface area (Å²) in [6, 6.07) is 14.3. The van der Waals surface area contributed by atoms with Crippen LogP contribution in [-0.2, 0) is 26.9 Å². The first-order valence-corrected chi connectivity index (χ1v) is 8.64. The first kappa shape index (κ1) is 14.7. The van der Waals surface area contributed by atoms with Crippen LogP contribution in [0.3, 0.4) is 0 Å². The first-order valence-electron chi connectivity index (χ1n) is 7.06. The van der Waals surface area contributed by atoms with E-state index in [-0.39, 0.29) is 6.73 Å². The van der Waals surface area contributed by atoms with Crippen LogP contribution in [0.15, 0.2) is 48.5 Å². The monoisotopic (exact) mass is 344 g/mol. The molecule has 0 fully saturated rings. The first-order chi connectivity index (χ1) is 11.6. The second kappa shape index (κ2) is 5.65. The standard InChI is InChI=1S/C14H12N6O3S/c21-24(22,10-20-14-8-4-2-6-12(14)16-18-20)23-9-19-13-7-3-1-5-11(13)15-17-19/h1-8H,9-10H2. The van der Waals surface area contributed by atoms with Crippen LogP contribution in [0.5, 0.6) is 0 Å². The predicted molar refractivity (Wildman–Crippen MR) is 85.1 cm³/mol. The van der Waals surface area contributed by atoms with Gasteiger partial charge in [0, 0.05) is 0 Å².